The number of hydrogen-bond donors (Lipinski definition) is 2. The number of hydrogen-bond acceptors (Lipinski definition) is 4. The number of ether oxygens (including phenoxy) is 2. The summed E-state index contributed by atoms with van der Waals surface area (Å²) in [5.74, 6) is -0.460. The summed E-state index contributed by atoms with van der Waals surface area (Å²) in [5, 5.41) is 11.8. The Labute approximate surface area is 114 Å². The molecule has 0 aliphatic carbocycles. The van der Waals surface area contributed by atoms with Crippen LogP contribution in [0.1, 0.15) is 24.9 Å². The summed E-state index contributed by atoms with van der Waals surface area (Å²) >= 11 is 6.03. The van der Waals surface area contributed by atoms with E-state index in [0.717, 1.165) is 0 Å². The first-order valence-electron chi connectivity index (χ1n) is 5.55. The van der Waals surface area contributed by atoms with Crippen molar-refractivity contribution in [2.75, 3.05) is 6.79 Å². The highest BCUT2D eigenvalue weighted by Crippen LogP contribution is 2.41. The van der Waals surface area contributed by atoms with Gasteiger partial charge < -0.3 is 19.9 Å². The lowest BCUT2D eigenvalue weighted by molar-refractivity contribution is -0.137. The van der Waals surface area contributed by atoms with E-state index in [1.165, 1.54) is 6.92 Å². The van der Waals surface area contributed by atoms with Gasteiger partial charge >= 0.3 is 5.97 Å². The van der Waals surface area contributed by atoms with E-state index in [0.29, 0.717) is 22.1 Å². The zero-order valence-corrected chi connectivity index (χ0v) is 10.9. The van der Waals surface area contributed by atoms with Gasteiger partial charge in [-0.2, -0.15) is 0 Å². The van der Waals surface area contributed by atoms with Gasteiger partial charge in [0.25, 0.3) is 0 Å². The van der Waals surface area contributed by atoms with Crippen molar-refractivity contribution in [3.63, 3.8) is 0 Å². The first-order valence-corrected chi connectivity index (χ1v) is 5.93. The molecule has 0 saturated heterocycles. The van der Waals surface area contributed by atoms with Gasteiger partial charge in [0.05, 0.1) is 17.5 Å². The molecule has 0 bridgehead atoms. The Morgan fingerprint density at radius 2 is 2.21 bits per heavy atom. The topological polar surface area (TPSA) is 84.9 Å². The average molecular weight is 286 g/mol. The van der Waals surface area contributed by atoms with Gasteiger partial charge in [0.1, 0.15) is 0 Å². The molecule has 0 fully saturated rings. The molecule has 0 radical (unpaired) electrons. The first-order chi connectivity index (χ1) is 8.97. The second kappa shape index (κ2) is 5.36. The highest BCUT2D eigenvalue weighted by Gasteiger charge is 2.23. The summed E-state index contributed by atoms with van der Waals surface area (Å²) < 4.78 is 10.4. The third-order valence-electron chi connectivity index (χ3n) is 2.61. The van der Waals surface area contributed by atoms with Crippen LogP contribution in [0.3, 0.4) is 0 Å². The number of carbonyl (C=O) groups excluding carboxylic acids is 1. The van der Waals surface area contributed by atoms with E-state index in [1.807, 2.05) is 0 Å². The standard InChI is InChI=1S/C12H12ClNO5/c1-6(15)14-9(4-11(16)17)7-2-8(13)12-10(3-7)18-5-19-12/h2-3,9H,4-5H2,1H3,(H,14,15)(H,16,17)/t9-/m1/s1. The van der Waals surface area contributed by atoms with E-state index in [1.54, 1.807) is 12.1 Å². The van der Waals surface area contributed by atoms with Crippen LogP contribution < -0.4 is 14.8 Å². The van der Waals surface area contributed by atoms with Gasteiger partial charge in [-0.3, -0.25) is 9.59 Å². The number of carboxylic acid groups (broad SMARTS) is 1. The van der Waals surface area contributed by atoms with Gasteiger partial charge in [-0.05, 0) is 17.7 Å². The van der Waals surface area contributed by atoms with Crippen LogP contribution in [0, 0.1) is 0 Å². The maximum atomic E-state index is 11.1. The third-order valence-corrected chi connectivity index (χ3v) is 2.89. The molecule has 102 valence electrons. The zero-order valence-electron chi connectivity index (χ0n) is 10.1. The van der Waals surface area contributed by atoms with Gasteiger partial charge in [0.2, 0.25) is 12.7 Å². The van der Waals surface area contributed by atoms with Crippen molar-refractivity contribution in [3.05, 3.63) is 22.7 Å². The first kappa shape index (κ1) is 13.5. The maximum absolute atomic E-state index is 11.1. The van der Waals surface area contributed by atoms with Crippen molar-refractivity contribution in [1.82, 2.24) is 5.32 Å². The van der Waals surface area contributed by atoms with Gasteiger partial charge in [-0.1, -0.05) is 11.6 Å². The number of amides is 1. The molecule has 1 aromatic rings. The Bertz CT molecular complexity index is 515. The van der Waals surface area contributed by atoms with E-state index in [9.17, 15) is 9.59 Å². The number of halogens is 1. The normalized spacial score (nSPS) is 14.0. The Kier molecular flexibility index (Phi) is 3.80. The molecule has 1 aliphatic heterocycles. The van der Waals surface area contributed by atoms with Crippen LogP contribution in [0.25, 0.3) is 0 Å². The molecule has 1 aliphatic rings. The number of rotatable bonds is 4. The molecular weight excluding hydrogens is 274 g/mol. The summed E-state index contributed by atoms with van der Waals surface area (Å²) in [4.78, 5) is 22.0. The van der Waals surface area contributed by atoms with Crippen molar-refractivity contribution < 1.29 is 24.2 Å². The number of nitrogens with one attached hydrogen (secondary N) is 1. The minimum Gasteiger partial charge on any atom is -0.481 e. The Balaban J connectivity index is 2.33. The number of benzene rings is 1. The zero-order chi connectivity index (χ0) is 14.0. The third kappa shape index (κ3) is 3.08. The molecule has 1 aromatic carbocycles. The van der Waals surface area contributed by atoms with Crippen molar-refractivity contribution in [2.24, 2.45) is 0 Å². The molecular formula is C12H12ClNO5. The number of carbonyl (C=O) groups is 2. The van der Waals surface area contributed by atoms with Gasteiger partial charge in [0.15, 0.2) is 11.5 Å². The minimum atomic E-state index is -1.02. The molecule has 2 N–H and O–H groups in total. The van der Waals surface area contributed by atoms with Crippen LogP contribution in [-0.2, 0) is 9.59 Å². The van der Waals surface area contributed by atoms with Gasteiger partial charge in [0, 0.05) is 6.92 Å². The molecule has 7 heteroatoms. The van der Waals surface area contributed by atoms with Crippen LogP contribution >= 0.6 is 11.6 Å². The fourth-order valence-corrected chi connectivity index (χ4v) is 2.13. The number of fused-ring (bicyclic) bond motifs is 1. The van der Waals surface area contributed by atoms with Gasteiger partial charge in [-0.25, -0.2) is 0 Å². The minimum absolute atomic E-state index is 0.0717. The van der Waals surface area contributed by atoms with E-state index >= 15 is 0 Å². The Hall–Kier alpha value is -1.95. The van der Waals surface area contributed by atoms with Crippen LogP contribution in [0.4, 0.5) is 0 Å². The largest absolute Gasteiger partial charge is 0.481 e. The van der Waals surface area contributed by atoms with E-state index < -0.39 is 12.0 Å². The fraction of sp³-hybridized carbons (Fsp3) is 0.333. The lowest BCUT2D eigenvalue weighted by atomic mass is 10.0. The molecule has 1 heterocycles. The van der Waals surface area contributed by atoms with Crippen LogP contribution in [0.15, 0.2) is 12.1 Å². The van der Waals surface area contributed by atoms with E-state index in [2.05, 4.69) is 5.32 Å². The molecule has 6 nitrogen and oxygen atoms in total. The molecule has 0 aromatic heterocycles. The number of carboxylic acids is 1. The van der Waals surface area contributed by atoms with Crippen molar-refractivity contribution >= 4 is 23.5 Å². The molecule has 0 saturated carbocycles. The summed E-state index contributed by atoms with van der Waals surface area (Å²) in [6, 6.07) is 2.53. The predicted octanol–water partition coefficient (Wildman–Crippen LogP) is 1.72. The second-order valence-corrected chi connectivity index (χ2v) is 4.49. The second-order valence-electron chi connectivity index (χ2n) is 4.09. The quantitative estimate of drug-likeness (QED) is 0.880. The van der Waals surface area contributed by atoms with E-state index in [4.69, 9.17) is 26.2 Å². The molecule has 19 heavy (non-hydrogen) atoms. The molecule has 2 rings (SSSR count). The van der Waals surface area contributed by atoms with Crippen LogP contribution in [-0.4, -0.2) is 23.8 Å². The SMILES string of the molecule is CC(=O)N[C@H](CC(=O)O)c1cc(Cl)c2c(c1)OCO2. The van der Waals surface area contributed by atoms with Crippen LogP contribution in [0.5, 0.6) is 11.5 Å². The monoisotopic (exact) mass is 285 g/mol. The maximum Gasteiger partial charge on any atom is 0.305 e. The Morgan fingerprint density at radius 3 is 2.84 bits per heavy atom. The lowest BCUT2D eigenvalue weighted by Gasteiger charge is -2.17. The molecule has 1 amide bonds. The average Bonchev–Trinajstić information content (AvgIpc) is 2.75. The lowest BCUT2D eigenvalue weighted by Crippen LogP contribution is -2.28. The molecule has 0 unspecified atom stereocenters. The highest BCUT2D eigenvalue weighted by molar-refractivity contribution is 6.32. The summed E-state index contributed by atoms with van der Waals surface area (Å²) in [6.45, 7) is 1.39. The highest BCUT2D eigenvalue weighted by atomic mass is 35.5. The number of aliphatic carboxylic acids is 1. The fourth-order valence-electron chi connectivity index (χ4n) is 1.86. The summed E-state index contributed by atoms with van der Waals surface area (Å²) in [6.07, 6.45) is -0.241. The van der Waals surface area contributed by atoms with Crippen molar-refractivity contribution in [2.45, 2.75) is 19.4 Å². The smallest absolute Gasteiger partial charge is 0.305 e. The van der Waals surface area contributed by atoms with Gasteiger partial charge in [-0.15, -0.1) is 0 Å². The van der Waals surface area contributed by atoms with E-state index in [-0.39, 0.29) is 19.1 Å². The molecule has 1 atom stereocenters. The van der Waals surface area contributed by atoms with Crippen LogP contribution in [0.2, 0.25) is 5.02 Å². The summed E-state index contributed by atoms with van der Waals surface area (Å²) in [7, 11) is 0. The predicted molar refractivity (Wildman–Crippen MR) is 66.4 cm³/mol. The van der Waals surface area contributed by atoms with Crippen molar-refractivity contribution in [1.29, 1.82) is 0 Å². The summed E-state index contributed by atoms with van der Waals surface area (Å²) in [5.41, 5.74) is 0.562. The Morgan fingerprint density at radius 1 is 1.47 bits per heavy atom. The van der Waals surface area contributed by atoms with Crippen molar-refractivity contribution in [3.8, 4) is 11.5 Å². The molecule has 0 spiro atoms.